The van der Waals surface area contributed by atoms with Crippen LogP contribution in [0.25, 0.3) is 16.5 Å². The molecule has 0 spiro atoms. The summed E-state index contributed by atoms with van der Waals surface area (Å²) >= 11 is 7.45. The molecular formula is C22H20ClN5O2S. The molecule has 4 rings (SSSR count). The predicted molar refractivity (Wildman–Crippen MR) is 123 cm³/mol. The van der Waals surface area contributed by atoms with Crippen LogP contribution in [-0.4, -0.2) is 25.7 Å². The molecule has 0 radical (unpaired) electrons. The summed E-state index contributed by atoms with van der Waals surface area (Å²) in [6.45, 7) is 3.70. The summed E-state index contributed by atoms with van der Waals surface area (Å²) in [7, 11) is 0. The minimum Gasteiger partial charge on any atom is -0.310 e. The topological polar surface area (TPSA) is 92.7 Å². The van der Waals surface area contributed by atoms with E-state index in [1.54, 1.807) is 25.1 Å². The number of halogens is 1. The molecule has 3 aromatic heterocycles. The van der Waals surface area contributed by atoms with Gasteiger partial charge >= 0.3 is 0 Å². The van der Waals surface area contributed by atoms with Gasteiger partial charge < -0.3 is 5.32 Å². The van der Waals surface area contributed by atoms with E-state index in [0.717, 1.165) is 10.4 Å². The highest BCUT2D eigenvalue weighted by molar-refractivity contribution is 7.13. The molecule has 0 saturated carbocycles. The maximum Gasteiger partial charge on any atom is 0.255 e. The smallest absolute Gasteiger partial charge is 0.255 e. The highest BCUT2D eigenvalue weighted by atomic mass is 35.5. The molecule has 4 aromatic rings. The number of benzene rings is 1. The van der Waals surface area contributed by atoms with Crippen LogP contribution in [0.5, 0.6) is 0 Å². The molecule has 0 aliphatic rings. The van der Waals surface area contributed by atoms with Gasteiger partial charge in [-0.1, -0.05) is 36.7 Å². The molecule has 2 N–H and O–H groups in total. The Kier molecular flexibility index (Phi) is 6.01. The van der Waals surface area contributed by atoms with Gasteiger partial charge in [0.1, 0.15) is 11.5 Å². The molecule has 7 nitrogen and oxygen atoms in total. The Balaban J connectivity index is 1.70. The van der Waals surface area contributed by atoms with Crippen LogP contribution in [-0.2, 0) is 17.6 Å². The van der Waals surface area contributed by atoms with Crippen LogP contribution in [0.2, 0.25) is 5.02 Å². The minimum absolute atomic E-state index is 0.175. The zero-order valence-corrected chi connectivity index (χ0v) is 18.5. The number of hydrogen-bond donors (Lipinski definition) is 2. The Hall–Kier alpha value is -3.23. The third kappa shape index (κ3) is 4.60. The Morgan fingerprint density at radius 3 is 2.68 bits per heavy atom. The van der Waals surface area contributed by atoms with Crippen molar-refractivity contribution in [3.8, 4) is 16.5 Å². The highest BCUT2D eigenvalue weighted by Crippen LogP contribution is 2.27. The van der Waals surface area contributed by atoms with Crippen molar-refractivity contribution in [2.24, 2.45) is 0 Å². The maximum absolute atomic E-state index is 12.7. The van der Waals surface area contributed by atoms with E-state index >= 15 is 0 Å². The minimum atomic E-state index is -0.217. The molecule has 0 aliphatic heterocycles. The first-order valence-corrected chi connectivity index (χ1v) is 11.0. The van der Waals surface area contributed by atoms with Gasteiger partial charge in [0.05, 0.1) is 11.3 Å². The Labute approximate surface area is 187 Å². The van der Waals surface area contributed by atoms with Gasteiger partial charge in [-0.25, -0.2) is 4.98 Å². The Bertz CT molecular complexity index is 1280. The fraction of sp³-hybridized carbons (Fsp3) is 0.182. The predicted octanol–water partition coefficient (Wildman–Crippen LogP) is 4.39. The molecule has 31 heavy (non-hydrogen) atoms. The molecule has 158 valence electrons. The lowest BCUT2D eigenvalue weighted by Gasteiger charge is -2.10. The number of thiophene rings is 1. The summed E-state index contributed by atoms with van der Waals surface area (Å²) in [5, 5.41) is 10.1. The van der Waals surface area contributed by atoms with E-state index in [1.807, 2.05) is 36.6 Å². The number of hydrogen-bond acceptors (Lipinski definition) is 5. The van der Waals surface area contributed by atoms with Crippen molar-refractivity contribution in [1.29, 1.82) is 0 Å². The van der Waals surface area contributed by atoms with Gasteiger partial charge in [0.25, 0.3) is 5.56 Å². The van der Waals surface area contributed by atoms with Crippen LogP contribution in [0.4, 0.5) is 5.82 Å². The molecule has 0 unspecified atom stereocenters. The average Bonchev–Trinajstić information content (AvgIpc) is 3.39. The number of aromatic amines is 1. The summed E-state index contributed by atoms with van der Waals surface area (Å²) in [5.41, 5.74) is 2.56. The van der Waals surface area contributed by atoms with E-state index in [2.05, 4.69) is 20.4 Å². The molecule has 1 aromatic carbocycles. The van der Waals surface area contributed by atoms with Crippen LogP contribution in [0, 0.1) is 6.92 Å². The lowest BCUT2D eigenvalue weighted by atomic mass is 10.1. The monoisotopic (exact) mass is 453 g/mol. The van der Waals surface area contributed by atoms with Crippen LogP contribution in [0.3, 0.4) is 0 Å². The number of carbonyl (C=O) groups excluding carboxylic acids is 1. The fourth-order valence-electron chi connectivity index (χ4n) is 3.26. The van der Waals surface area contributed by atoms with E-state index < -0.39 is 0 Å². The summed E-state index contributed by atoms with van der Waals surface area (Å²) in [6.07, 6.45) is 0.757. The molecule has 9 heteroatoms. The molecular weight excluding hydrogens is 434 g/mol. The van der Waals surface area contributed by atoms with Crippen molar-refractivity contribution < 1.29 is 4.79 Å². The number of nitrogens with one attached hydrogen (secondary N) is 2. The van der Waals surface area contributed by atoms with Gasteiger partial charge in [-0.05, 0) is 42.5 Å². The molecule has 0 bridgehead atoms. The molecule has 0 saturated heterocycles. The Morgan fingerprint density at radius 2 is 2.03 bits per heavy atom. The van der Waals surface area contributed by atoms with Crippen molar-refractivity contribution in [2.45, 2.75) is 26.7 Å². The number of H-pyrrole nitrogens is 1. The Morgan fingerprint density at radius 1 is 1.26 bits per heavy atom. The molecule has 0 fully saturated rings. The lowest BCUT2D eigenvalue weighted by molar-refractivity contribution is -0.115. The standard InChI is InChI=1S/C22H20ClN5O2S/c1-3-16-13(2)24-22(26-21(16)30)28-19(12-17(27-28)18-5-4-10-31-18)25-20(29)11-14-6-8-15(23)9-7-14/h4-10,12H,3,11H2,1-2H3,(H,25,29)(H,24,26,30). The third-order valence-electron chi connectivity index (χ3n) is 4.79. The van der Waals surface area contributed by atoms with Gasteiger partial charge in [0.2, 0.25) is 11.9 Å². The fourth-order valence-corrected chi connectivity index (χ4v) is 4.07. The molecule has 0 aliphatic carbocycles. The summed E-state index contributed by atoms with van der Waals surface area (Å²) in [5.74, 6) is 0.462. The second-order valence-corrected chi connectivity index (χ2v) is 8.35. The number of nitrogens with zero attached hydrogens (tertiary/aromatic N) is 3. The molecule has 1 amide bonds. The number of carbonyl (C=O) groups is 1. The SMILES string of the molecule is CCc1c(C)nc(-n2nc(-c3cccs3)cc2NC(=O)Cc2ccc(Cl)cc2)[nH]c1=O. The largest absolute Gasteiger partial charge is 0.310 e. The number of anilines is 1. The number of aryl methyl sites for hydroxylation is 1. The summed E-state index contributed by atoms with van der Waals surface area (Å²) in [6, 6.07) is 12.8. The first kappa shape index (κ1) is 21.0. The van der Waals surface area contributed by atoms with Crippen LogP contribution < -0.4 is 10.9 Å². The normalized spacial score (nSPS) is 10.9. The second kappa shape index (κ2) is 8.87. The average molecular weight is 454 g/mol. The van der Waals surface area contributed by atoms with Crippen LogP contribution in [0.1, 0.15) is 23.7 Å². The van der Waals surface area contributed by atoms with Crippen molar-refractivity contribution in [2.75, 3.05) is 5.32 Å². The van der Waals surface area contributed by atoms with E-state index in [4.69, 9.17) is 11.6 Å². The maximum atomic E-state index is 12.7. The van der Waals surface area contributed by atoms with E-state index in [9.17, 15) is 9.59 Å². The van der Waals surface area contributed by atoms with Crippen molar-refractivity contribution in [3.63, 3.8) is 0 Å². The summed E-state index contributed by atoms with van der Waals surface area (Å²) in [4.78, 5) is 33.4. The molecule has 3 heterocycles. The number of rotatable bonds is 6. The lowest BCUT2D eigenvalue weighted by Crippen LogP contribution is -2.22. The summed E-state index contributed by atoms with van der Waals surface area (Å²) < 4.78 is 1.46. The third-order valence-corrected chi connectivity index (χ3v) is 5.94. The van der Waals surface area contributed by atoms with Crippen molar-refractivity contribution in [3.05, 3.63) is 80.0 Å². The van der Waals surface area contributed by atoms with E-state index in [-0.39, 0.29) is 23.8 Å². The zero-order valence-electron chi connectivity index (χ0n) is 17.0. The van der Waals surface area contributed by atoms with Gasteiger partial charge in [0, 0.05) is 22.3 Å². The number of amides is 1. The van der Waals surface area contributed by atoms with Crippen molar-refractivity contribution >= 4 is 34.7 Å². The van der Waals surface area contributed by atoms with Gasteiger partial charge in [0.15, 0.2) is 0 Å². The van der Waals surface area contributed by atoms with Crippen LogP contribution in [0.15, 0.2) is 52.6 Å². The van der Waals surface area contributed by atoms with Gasteiger partial charge in [-0.15, -0.1) is 11.3 Å². The van der Waals surface area contributed by atoms with Crippen molar-refractivity contribution in [1.82, 2.24) is 19.7 Å². The van der Waals surface area contributed by atoms with Gasteiger partial charge in [-0.2, -0.15) is 9.78 Å². The van der Waals surface area contributed by atoms with E-state index in [1.165, 1.54) is 16.0 Å². The first-order chi connectivity index (χ1) is 14.9. The quantitative estimate of drug-likeness (QED) is 0.452. The second-order valence-electron chi connectivity index (χ2n) is 6.96. The highest BCUT2D eigenvalue weighted by Gasteiger charge is 2.17. The van der Waals surface area contributed by atoms with Gasteiger partial charge in [-0.3, -0.25) is 14.6 Å². The van der Waals surface area contributed by atoms with Crippen LogP contribution >= 0.6 is 22.9 Å². The van der Waals surface area contributed by atoms with E-state index in [0.29, 0.717) is 34.2 Å². The first-order valence-electron chi connectivity index (χ1n) is 9.73. The number of aromatic nitrogens is 4. The molecule has 0 atom stereocenters. The zero-order chi connectivity index (χ0) is 22.0.